The summed E-state index contributed by atoms with van der Waals surface area (Å²) in [5.74, 6) is 1.11. The maximum atomic E-state index is 6.08. The van der Waals surface area contributed by atoms with E-state index in [2.05, 4.69) is 15.9 Å². The van der Waals surface area contributed by atoms with Crippen molar-refractivity contribution in [3.8, 4) is 11.5 Å². The van der Waals surface area contributed by atoms with Gasteiger partial charge in [0.2, 0.25) is 0 Å². The highest BCUT2D eigenvalue weighted by atomic mass is 79.9. The van der Waals surface area contributed by atoms with Crippen molar-refractivity contribution in [1.29, 1.82) is 0 Å². The van der Waals surface area contributed by atoms with E-state index < -0.39 is 0 Å². The molecule has 106 valence electrons. The lowest BCUT2D eigenvalue weighted by Crippen LogP contribution is -2.03. The van der Waals surface area contributed by atoms with E-state index in [1.54, 1.807) is 12.1 Å². The molecule has 0 fully saturated rings. The molecule has 6 heteroatoms. The molecule has 0 saturated heterocycles. The average Bonchev–Trinajstić information content (AvgIpc) is 2.39. The zero-order chi connectivity index (χ0) is 14.7. The SMILES string of the molecule is NCCc1ccc(Oc2cc(Cl)c(Cl)cc2Cl)cc1Br. The molecule has 2 aromatic carbocycles. The van der Waals surface area contributed by atoms with Crippen molar-refractivity contribution in [2.45, 2.75) is 6.42 Å². The lowest BCUT2D eigenvalue weighted by atomic mass is 10.1. The fourth-order valence-corrected chi connectivity index (χ4v) is 2.79. The third-order valence-electron chi connectivity index (χ3n) is 2.64. The van der Waals surface area contributed by atoms with E-state index in [-0.39, 0.29) is 0 Å². The predicted molar refractivity (Wildman–Crippen MR) is 88.4 cm³/mol. The smallest absolute Gasteiger partial charge is 0.147 e. The molecular formula is C14H11BrCl3NO. The fraction of sp³-hybridized carbons (Fsp3) is 0.143. The average molecular weight is 396 g/mol. The predicted octanol–water partition coefficient (Wildman–Crippen LogP) is 5.70. The van der Waals surface area contributed by atoms with Crippen molar-refractivity contribution >= 4 is 50.7 Å². The van der Waals surface area contributed by atoms with Crippen LogP contribution in [0.1, 0.15) is 5.56 Å². The van der Waals surface area contributed by atoms with Gasteiger partial charge in [-0.3, -0.25) is 0 Å². The van der Waals surface area contributed by atoms with E-state index in [1.807, 2.05) is 18.2 Å². The summed E-state index contributed by atoms with van der Waals surface area (Å²) in [6.07, 6.45) is 0.800. The van der Waals surface area contributed by atoms with E-state index >= 15 is 0 Å². The molecular weight excluding hydrogens is 384 g/mol. The van der Waals surface area contributed by atoms with Crippen LogP contribution < -0.4 is 10.5 Å². The van der Waals surface area contributed by atoms with Crippen LogP contribution in [0.2, 0.25) is 15.1 Å². The van der Waals surface area contributed by atoms with Crippen molar-refractivity contribution in [2.24, 2.45) is 5.73 Å². The highest BCUT2D eigenvalue weighted by Crippen LogP contribution is 2.37. The van der Waals surface area contributed by atoms with Gasteiger partial charge in [-0.25, -0.2) is 0 Å². The molecule has 0 aliphatic carbocycles. The van der Waals surface area contributed by atoms with E-state index in [1.165, 1.54) is 0 Å². The molecule has 0 unspecified atom stereocenters. The van der Waals surface area contributed by atoms with Crippen LogP contribution in [-0.2, 0) is 6.42 Å². The van der Waals surface area contributed by atoms with Crippen molar-refractivity contribution in [2.75, 3.05) is 6.54 Å². The first-order valence-electron chi connectivity index (χ1n) is 5.82. The van der Waals surface area contributed by atoms with Crippen LogP contribution in [0.25, 0.3) is 0 Å². The zero-order valence-electron chi connectivity index (χ0n) is 10.3. The number of rotatable bonds is 4. The first-order chi connectivity index (χ1) is 9.51. The lowest BCUT2D eigenvalue weighted by molar-refractivity contribution is 0.482. The minimum absolute atomic E-state index is 0.392. The Morgan fingerprint density at radius 3 is 2.35 bits per heavy atom. The summed E-state index contributed by atoms with van der Waals surface area (Å²) in [6.45, 7) is 0.595. The topological polar surface area (TPSA) is 35.2 Å². The number of benzene rings is 2. The van der Waals surface area contributed by atoms with Crippen LogP contribution in [0.4, 0.5) is 0 Å². The van der Waals surface area contributed by atoms with E-state index in [0.29, 0.717) is 33.1 Å². The van der Waals surface area contributed by atoms with Gasteiger partial charge in [0.05, 0.1) is 15.1 Å². The Bertz CT molecular complexity index is 634. The van der Waals surface area contributed by atoms with Gasteiger partial charge in [0.25, 0.3) is 0 Å². The molecule has 0 radical (unpaired) electrons. The summed E-state index contributed by atoms with van der Waals surface area (Å²) in [4.78, 5) is 0. The van der Waals surface area contributed by atoms with E-state index in [0.717, 1.165) is 16.5 Å². The molecule has 0 amide bonds. The van der Waals surface area contributed by atoms with Gasteiger partial charge < -0.3 is 10.5 Å². The van der Waals surface area contributed by atoms with Crippen molar-refractivity contribution in [3.05, 3.63) is 55.4 Å². The molecule has 0 spiro atoms. The normalized spacial score (nSPS) is 10.7. The molecule has 0 bridgehead atoms. The molecule has 0 atom stereocenters. The number of hydrogen-bond donors (Lipinski definition) is 1. The summed E-state index contributed by atoms with van der Waals surface area (Å²) in [7, 11) is 0. The third-order valence-corrected chi connectivity index (χ3v) is 4.40. The van der Waals surface area contributed by atoms with Gasteiger partial charge in [-0.1, -0.05) is 56.8 Å². The van der Waals surface area contributed by atoms with Gasteiger partial charge in [0.1, 0.15) is 11.5 Å². The highest BCUT2D eigenvalue weighted by molar-refractivity contribution is 9.10. The van der Waals surface area contributed by atoms with Crippen molar-refractivity contribution < 1.29 is 4.74 Å². The first kappa shape index (κ1) is 15.9. The van der Waals surface area contributed by atoms with Crippen LogP contribution in [0.3, 0.4) is 0 Å². The second-order valence-corrected chi connectivity index (χ2v) is 6.17. The molecule has 2 rings (SSSR count). The first-order valence-corrected chi connectivity index (χ1v) is 7.75. The van der Waals surface area contributed by atoms with E-state index in [4.69, 9.17) is 45.3 Å². The van der Waals surface area contributed by atoms with Gasteiger partial charge >= 0.3 is 0 Å². The largest absolute Gasteiger partial charge is 0.456 e. The Kier molecular flexibility index (Phi) is 5.58. The van der Waals surface area contributed by atoms with Crippen LogP contribution in [-0.4, -0.2) is 6.54 Å². The number of nitrogens with two attached hydrogens (primary N) is 1. The van der Waals surface area contributed by atoms with Crippen LogP contribution in [0.5, 0.6) is 11.5 Å². The molecule has 0 aliphatic heterocycles. The molecule has 2 N–H and O–H groups in total. The molecule has 0 heterocycles. The number of ether oxygens (including phenoxy) is 1. The van der Waals surface area contributed by atoms with Crippen molar-refractivity contribution in [3.63, 3.8) is 0 Å². The maximum absolute atomic E-state index is 6.08. The molecule has 0 saturated carbocycles. The highest BCUT2D eigenvalue weighted by Gasteiger charge is 2.09. The minimum atomic E-state index is 0.392. The Hall–Kier alpha value is -0.450. The standard InChI is InChI=1S/C14H11BrCl3NO/c15-10-5-9(2-1-8(10)3-4-19)20-14-7-12(17)11(16)6-13(14)18/h1-2,5-7H,3-4,19H2. The summed E-state index contributed by atoms with van der Waals surface area (Å²) >= 11 is 21.4. The fourth-order valence-electron chi connectivity index (χ4n) is 1.66. The van der Waals surface area contributed by atoms with Gasteiger partial charge in [-0.05, 0) is 36.7 Å². The Morgan fingerprint density at radius 1 is 1.00 bits per heavy atom. The second kappa shape index (κ2) is 7.01. The number of hydrogen-bond acceptors (Lipinski definition) is 2. The van der Waals surface area contributed by atoms with Crippen LogP contribution in [0, 0.1) is 0 Å². The maximum Gasteiger partial charge on any atom is 0.147 e. The number of halogens is 4. The van der Waals surface area contributed by atoms with Crippen LogP contribution >= 0.6 is 50.7 Å². The quantitative estimate of drug-likeness (QED) is 0.674. The van der Waals surface area contributed by atoms with Crippen LogP contribution in [0.15, 0.2) is 34.8 Å². The van der Waals surface area contributed by atoms with E-state index in [9.17, 15) is 0 Å². The van der Waals surface area contributed by atoms with Gasteiger partial charge in [-0.15, -0.1) is 0 Å². The molecule has 0 aromatic heterocycles. The Labute approximate surface area is 140 Å². The lowest BCUT2D eigenvalue weighted by Gasteiger charge is -2.11. The second-order valence-electron chi connectivity index (χ2n) is 4.09. The monoisotopic (exact) mass is 393 g/mol. The minimum Gasteiger partial charge on any atom is -0.456 e. The van der Waals surface area contributed by atoms with Gasteiger partial charge in [-0.2, -0.15) is 0 Å². The van der Waals surface area contributed by atoms with Gasteiger partial charge in [0, 0.05) is 10.5 Å². The summed E-state index contributed by atoms with van der Waals surface area (Å²) in [6, 6.07) is 8.82. The molecule has 2 aromatic rings. The summed E-state index contributed by atoms with van der Waals surface area (Å²) in [5.41, 5.74) is 6.67. The molecule has 2 nitrogen and oxygen atoms in total. The molecule has 20 heavy (non-hydrogen) atoms. The third kappa shape index (κ3) is 3.80. The molecule has 0 aliphatic rings. The zero-order valence-corrected chi connectivity index (χ0v) is 14.2. The Balaban J connectivity index is 2.26. The Morgan fingerprint density at radius 2 is 1.70 bits per heavy atom. The summed E-state index contributed by atoms with van der Waals surface area (Å²) < 4.78 is 6.66. The van der Waals surface area contributed by atoms with Crippen molar-refractivity contribution in [1.82, 2.24) is 0 Å². The summed E-state index contributed by atoms with van der Waals surface area (Å²) in [5, 5.41) is 1.19. The van der Waals surface area contributed by atoms with Gasteiger partial charge in [0.15, 0.2) is 0 Å².